The van der Waals surface area contributed by atoms with Gasteiger partial charge in [-0.1, -0.05) is 29.8 Å². The van der Waals surface area contributed by atoms with E-state index < -0.39 is 27.3 Å². The molecule has 1 amide bonds. The second kappa shape index (κ2) is 13.5. The number of pyridine rings is 1. The second-order valence-corrected chi connectivity index (χ2v) is 12.5. The molecule has 1 aliphatic heterocycles. The van der Waals surface area contributed by atoms with Gasteiger partial charge in [0.1, 0.15) is 17.4 Å². The predicted molar refractivity (Wildman–Crippen MR) is 161 cm³/mol. The minimum atomic E-state index is -4.34. The molecule has 3 aromatic carbocycles. The lowest BCUT2D eigenvalue weighted by molar-refractivity contribution is 0.0580. The number of rotatable bonds is 10. The zero-order valence-electron chi connectivity index (χ0n) is 23.2. The lowest BCUT2D eigenvalue weighted by atomic mass is 9.98. The van der Waals surface area contributed by atoms with Crippen molar-refractivity contribution >= 4 is 33.2 Å². The average molecular weight is 626 g/mol. The highest BCUT2D eigenvalue weighted by molar-refractivity contribution is 7.92. The normalized spacial score (nSPS) is 15.2. The summed E-state index contributed by atoms with van der Waals surface area (Å²) in [5.74, 6) is -1.35. The van der Waals surface area contributed by atoms with Crippen molar-refractivity contribution in [3.63, 3.8) is 0 Å². The van der Waals surface area contributed by atoms with Crippen LogP contribution in [0.15, 0.2) is 96.2 Å². The monoisotopic (exact) mass is 625 g/mol. The van der Waals surface area contributed by atoms with Crippen LogP contribution in [0.1, 0.15) is 41.6 Å². The van der Waals surface area contributed by atoms with Crippen LogP contribution in [0.25, 0.3) is 0 Å². The lowest BCUT2D eigenvalue weighted by Gasteiger charge is -2.36. The summed E-state index contributed by atoms with van der Waals surface area (Å²) in [5.41, 5.74) is 0.555. The summed E-state index contributed by atoms with van der Waals surface area (Å²) in [7, 11) is -4.34. The summed E-state index contributed by atoms with van der Waals surface area (Å²) in [6.45, 7) is 0.582. The molecule has 1 aliphatic rings. The molecule has 0 spiro atoms. The Hall–Kier alpha value is -4.02. The van der Waals surface area contributed by atoms with Crippen molar-refractivity contribution in [1.82, 2.24) is 9.88 Å². The van der Waals surface area contributed by atoms with Crippen LogP contribution in [0.5, 0.6) is 5.75 Å². The van der Waals surface area contributed by atoms with E-state index in [1.165, 1.54) is 24.3 Å². The number of hydrogen-bond donors (Lipinski definition) is 0. The Labute approximate surface area is 254 Å². The highest BCUT2D eigenvalue weighted by atomic mass is 35.5. The first-order chi connectivity index (χ1) is 20.7. The Morgan fingerprint density at radius 3 is 2.58 bits per heavy atom. The van der Waals surface area contributed by atoms with Gasteiger partial charge < -0.3 is 9.64 Å². The maximum atomic E-state index is 15.0. The van der Waals surface area contributed by atoms with E-state index in [1.807, 2.05) is 4.90 Å². The van der Waals surface area contributed by atoms with Crippen molar-refractivity contribution in [2.24, 2.45) is 0 Å². The zero-order chi connectivity index (χ0) is 30.4. The van der Waals surface area contributed by atoms with Crippen LogP contribution < -0.4 is 9.04 Å². The van der Waals surface area contributed by atoms with Crippen LogP contribution in [0, 0.1) is 11.6 Å². The molecule has 0 N–H and O–H groups in total. The molecule has 1 saturated heterocycles. The van der Waals surface area contributed by atoms with Crippen LogP contribution in [0.2, 0.25) is 5.02 Å². The second-order valence-electron chi connectivity index (χ2n) is 10.2. The van der Waals surface area contributed by atoms with Gasteiger partial charge >= 0.3 is 0 Å². The molecular formula is C32H30ClF2N3O4S. The molecule has 5 rings (SSSR count). The lowest BCUT2D eigenvalue weighted by Crippen LogP contribution is -2.44. The number of ether oxygens (including phenoxy) is 1. The summed E-state index contributed by atoms with van der Waals surface area (Å²) < 4.78 is 63.8. The highest BCUT2D eigenvalue weighted by Gasteiger charge is 2.30. The van der Waals surface area contributed by atoms with Gasteiger partial charge in [-0.2, -0.15) is 0 Å². The van der Waals surface area contributed by atoms with Crippen molar-refractivity contribution in [3.8, 4) is 5.75 Å². The molecule has 1 aromatic heterocycles. The number of amides is 1. The first-order valence-electron chi connectivity index (χ1n) is 13.9. The van der Waals surface area contributed by atoms with E-state index in [0.29, 0.717) is 34.9 Å². The molecule has 2 heterocycles. The Morgan fingerprint density at radius 1 is 1.02 bits per heavy atom. The number of carbonyl (C=O) groups is 1. The largest absolute Gasteiger partial charge is 0.493 e. The van der Waals surface area contributed by atoms with Crippen molar-refractivity contribution in [2.45, 2.75) is 43.2 Å². The third kappa shape index (κ3) is 7.14. The van der Waals surface area contributed by atoms with Gasteiger partial charge in [-0.3, -0.25) is 14.1 Å². The fourth-order valence-corrected chi connectivity index (χ4v) is 6.74. The number of carbonyl (C=O) groups excluding carboxylic acids is 1. The highest BCUT2D eigenvalue weighted by Crippen LogP contribution is 2.32. The van der Waals surface area contributed by atoms with Gasteiger partial charge in [0, 0.05) is 48.1 Å². The van der Waals surface area contributed by atoms with Crippen molar-refractivity contribution < 1.29 is 26.7 Å². The SMILES string of the molecule is O=C(c1cccnc1)N1CCCCC1CCOc1ccccc1CN(c1cc(F)ccc1F)S(=O)(=O)c1ccc(Cl)cc1. The van der Waals surface area contributed by atoms with Crippen LogP contribution in [-0.4, -0.2) is 43.4 Å². The summed E-state index contributed by atoms with van der Waals surface area (Å²) in [6, 6.07) is 18.4. The molecule has 1 atom stereocenters. The van der Waals surface area contributed by atoms with E-state index >= 15 is 4.39 Å². The number of para-hydroxylation sites is 1. The topological polar surface area (TPSA) is 79.8 Å². The molecular weight excluding hydrogens is 596 g/mol. The predicted octanol–water partition coefficient (Wildman–Crippen LogP) is 6.87. The Morgan fingerprint density at radius 2 is 1.81 bits per heavy atom. The molecule has 7 nitrogen and oxygen atoms in total. The van der Waals surface area contributed by atoms with Gasteiger partial charge in [0.2, 0.25) is 0 Å². The standard InChI is InChI=1S/C32H30ClF2N3O4S/c33-25-10-13-28(14-11-25)43(40,41)38(30-20-26(34)12-15-29(30)35)22-24-6-1-2-9-31(24)42-19-16-27-8-3-4-18-37(27)32(39)23-7-5-17-36-21-23/h1-2,5-7,9-15,17,20-21,27H,3-4,8,16,18-19,22H2. The molecule has 1 fully saturated rings. The van der Waals surface area contributed by atoms with Gasteiger partial charge in [-0.05, 0) is 73.9 Å². The third-order valence-corrected chi connectivity index (χ3v) is 9.40. The number of hydrogen-bond acceptors (Lipinski definition) is 5. The van der Waals surface area contributed by atoms with Crippen molar-refractivity contribution in [3.05, 3.63) is 119 Å². The van der Waals surface area contributed by atoms with E-state index in [0.717, 1.165) is 41.8 Å². The van der Waals surface area contributed by atoms with E-state index in [9.17, 15) is 17.6 Å². The molecule has 43 heavy (non-hydrogen) atoms. The maximum Gasteiger partial charge on any atom is 0.264 e. The van der Waals surface area contributed by atoms with Crippen molar-refractivity contribution in [2.75, 3.05) is 17.5 Å². The number of sulfonamides is 1. The molecule has 11 heteroatoms. The van der Waals surface area contributed by atoms with E-state index in [-0.39, 0.29) is 30.0 Å². The minimum absolute atomic E-state index is 0.0308. The quantitative estimate of drug-likeness (QED) is 0.192. The van der Waals surface area contributed by atoms with Gasteiger partial charge in [-0.15, -0.1) is 0 Å². The van der Waals surface area contributed by atoms with Crippen molar-refractivity contribution in [1.29, 1.82) is 0 Å². The van der Waals surface area contributed by atoms with Gasteiger partial charge in [-0.25, -0.2) is 17.2 Å². The maximum absolute atomic E-state index is 15.0. The Balaban J connectivity index is 1.37. The molecule has 1 unspecified atom stereocenters. The Kier molecular flexibility index (Phi) is 9.57. The molecule has 4 aromatic rings. The van der Waals surface area contributed by atoms with Crippen LogP contribution in [0.4, 0.5) is 14.5 Å². The number of nitrogens with zero attached hydrogens (tertiary/aromatic N) is 3. The number of piperidine rings is 1. The molecule has 0 radical (unpaired) electrons. The molecule has 224 valence electrons. The van der Waals surface area contributed by atoms with E-state index in [4.69, 9.17) is 16.3 Å². The number of benzene rings is 3. The number of halogens is 3. The van der Waals surface area contributed by atoms with Gasteiger partial charge in [0.05, 0.1) is 29.3 Å². The summed E-state index contributed by atoms with van der Waals surface area (Å²) in [6.07, 6.45) is 6.50. The minimum Gasteiger partial charge on any atom is -0.493 e. The van der Waals surface area contributed by atoms with Crippen LogP contribution in [-0.2, 0) is 16.6 Å². The molecule has 0 aliphatic carbocycles. The molecule has 0 bridgehead atoms. The zero-order valence-corrected chi connectivity index (χ0v) is 24.8. The summed E-state index contributed by atoms with van der Waals surface area (Å²) >= 11 is 5.96. The molecule has 0 saturated carbocycles. The van der Waals surface area contributed by atoms with Gasteiger partial charge in [0.15, 0.2) is 0 Å². The Bertz CT molecular complexity index is 1670. The van der Waals surface area contributed by atoms with Crippen LogP contribution in [0.3, 0.4) is 0 Å². The smallest absolute Gasteiger partial charge is 0.264 e. The number of likely N-dealkylation sites (tertiary alicyclic amines) is 1. The fourth-order valence-electron chi connectivity index (χ4n) is 5.17. The van der Waals surface area contributed by atoms with Gasteiger partial charge in [0.25, 0.3) is 15.9 Å². The first-order valence-corrected chi connectivity index (χ1v) is 15.7. The summed E-state index contributed by atoms with van der Waals surface area (Å²) in [5, 5.41) is 0.333. The third-order valence-electron chi connectivity index (χ3n) is 7.37. The number of aromatic nitrogens is 1. The first kappa shape index (κ1) is 30.4. The fraction of sp³-hybridized carbons (Fsp3) is 0.250. The number of anilines is 1. The summed E-state index contributed by atoms with van der Waals surface area (Å²) in [4.78, 5) is 19.0. The van der Waals surface area contributed by atoms with Crippen LogP contribution >= 0.6 is 11.6 Å². The average Bonchev–Trinajstić information content (AvgIpc) is 3.02. The van der Waals surface area contributed by atoms with E-state index in [2.05, 4.69) is 4.98 Å². The van der Waals surface area contributed by atoms with E-state index in [1.54, 1.807) is 48.8 Å².